The van der Waals surface area contributed by atoms with Crippen LogP contribution in [0.15, 0.2) is 12.2 Å². The fourth-order valence-corrected chi connectivity index (χ4v) is 1.20. The highest BCUT2D eigenvalue weighted by molar-refractivity contribution is 5.96. The molecule has 0 bridgehead atoms. The number of hydrogen-bond acceptors (Lipinski definition) is 5. The first-order valence-corrected chi connectivity index (χ1v) is 5.45. The number of nitrogens with two attached hydrogens (primary N) is 1. The maximum absolute atomic E-state index is 11.8. The van der Waals surface area contributed by atoms with Crippen molar-refractivity contribution in [3.8, 4) is 0 Å². The Morgan fingerprint density at radius 1 is 1.20 bits per heavy atom. The zero-order valence-corrected chi connectivity index (χ0v) is 10.9. The Balaban J connectivity index is 5.30. The van der Waals surface area contributed by atoms with Gasteiger partial charge in [-0.1, -0.05) is 0 Å². The maximum atomic E-state index is 11.8. The molecule has 0 unspecified atom stereocenters. The minimum atomic E-state index is -1.86. The molecule has 0 saturated heterocycles. The van der Waals surface area contributed by atoms with Gasteiger partial charge in [-0.2, -0.15) is 0 Å². The molecule has 0 saturated carbocycles. The molecule has 20 heavy (non-hydrogen) atoms. The molecule has 0 fully saturated rings. The van der Waals surface area contributed by atoms with E-state index < -0.39 is 41.9 Å². The highest BCUT2D eigenvalue weighted by Gasteiger charge is 2.35. The fraction of sp³-hybridized carbons (Fsp3) is 0.455. The van der Waals surface area contributed by atoms with Crippen molar-refractivity contribution in [2.75, 3.05) is 6.54 Å². The Kier molecular flexibility index (Phi) is 5.86. The molecule has 0 aliphatic heterocycles. The number of aliphatic carboxylic acids is 3. The third kappa shape index (κ3) is 5.06. The van der Waals surface area contributed by atoms with Gasteiger partial charge in [0.1, 0.15) is 11.6 Å². The highest BCUT2D eigenvalue weighted by Crippen LogP contribution is 2.09. The van der Waals surface area contributed by atoms with E-state index in [0.29, 0.717) is 17.1 Å². The van der Waals surface area contributed by atoms with Crippen molar-refractivity contribution >= 4 is 23.8 Å². The van der Waals surface area contributed by atoms with Crippen LogP contribution < -0.4 is 5.73 Å². The lowest BCUT2D eigenvalue weighted by atomic mass is 10.0. The summed E-state index contributed by atoms with van der Waals surface area (Å²) in [5.41, 5.74) is 3.60. The molecule has 0 aliphatic rings. The quantitative estimate of drug-likeness (QED) is 0.422. The topological polar surface area (TPSA) is 158 Å². The fourth-order valence-electron chi connectivity index (χ4n) is 1.20. The Hall–Kier alpha value is -2.42. The molecule has 9 nitrogen and oxygen atoms in total. The van der Waals surface area contributed by atoms with Gasteiger partial charge in [-0.05, 0) is 13.8 Å². The van der Waals surface area contributed by atoms with Gasteiger partial charge < -0.3 is 26.0 Å². The Morgan fingerprint density at radius 2 is 1.70 bits per heavy atom. The number of nitrogens with zero attached hydrogens (tertiary/aromatic N) is 1. The second-order valence-corrected chi connectivity index (χ2v) is 4.37. The zero-order chi connectivity index (χ0) is 16.1. The van der Waals surface area contributed by atoms with E-state index in [-0.39, 0.29) is 0 Å². The smallest absolute Gasteiger partial charge is 0.328 e. The van der Waals surface area contributed by atoms with Crippen LogP contribution in [0.4, 0.5) is 0 Å². The third-order valence-electron chi connectivity index (χ3n) is 2.46. The van der Waals surface area contributed by atoms with Gasteiger partial charge >= 0.3 is 17.9 Å². The maximum Gasteiger partial charge on any atom is 0.328 e. The molecule has 2 atom stereocenters. The summed E-state index contributed by atoms with van der Waals surface area (Å²) in [6.45, 7) is 1.69. The second-order valence-electron chi connectivity index (χ2n) is 4.37. The molecule has 0 spiro atoms. The minimum absolute atomic E-state index is 0.526. The number of carboxylic acids is 3. The largest absolute Gasteiger partial charge is 0.480 e. The van der Waals surface area contributed by atoms with Gasteiger partial charge in [0.05, 0.1) is 6.54 Å². The van der Waals surface area contributed by atoms with Crippen molar-refractivity contribution in [3.63, 3.8) is 0 Å². The molecule has 5 N–H and O–H groups in total. The van der Waals surface area contributed by atoms with Gasteiger partial charge in [-0.3, -0.25) is 9.59 Å². The first kappa shape index (κ1) is 17.6. The van der Waals surface area contributed by atoms with Crippen LogP contribution in [0, 0.1) is 0 Å². The zero-order valence-electron chi connectivity index (χ0n) is 10.9. The molecule has 0 aromatic carbocycles. The Morgan fingerprint density at radius 3 is 2.05 bits per heavy atom. The van der Waals surface area contributed by atoms with E-state index in [2.05, 4.69) is 0 Å². The van der Waals surface area contributed by atoms with Crippen LogP contribution in [0.2, 0.25) is 0 Å². The monoisotopic (exact) mass is 288 g/mol. The summed E-state index contributed by atoms with van der Waals surface area (Å²) in [6, 6.07) is -1.36. The summed E-state index contributed by atoms with van der Waals surface area (Å²) < 4.78 is 0. The van der Waals surface area contributed by atoms with Gasteiger partial charge in [0, 0.05) is 12.2 Å². The summed E-state index contributed by atoms with van der Waals surface area (Å²) in [5, 5.41) is 26.2. The van der Waals surface area contributed by atoms with E-state index >= 15 is 0 Å². The average Bonchev–Trinajstić information content (AvgIpc) is 2.31. The van der Waals surface area contributed by atoms with Gasteiger partial charge in [-0.25, -0.2) is 9.59 Å². The molecular formula is C11H16N2O7. The summed E-state index contributed by atoms with van der Waals surface area (Å²) in [7, 11) is 0. The minimum Gasteiger partial charge on any atom is -0.480 e. The van der Waals surface area contributed by atoms with E-state index in [0.717, 1.165) is 13.8 Å². The Labute approximate surface area is 114 Å². The summed E-state index contributed by atoms with van der Waals surface area (Å²) >= 11 is 0. The van der Waals surface area contributed by atoms with Crippen molar-refractivity contribution in [1.29, 1.82) is 0 Å². The molecule has 1 amide bonds. The van der Waals surface area contributed by atoms with Crippen LogP contribution in [0.5, 0.6) is 0 Å². The van der Waals surface area contributed by atoms with Crippen molar-refractivity contribution in [3.05, 3.63) is 12.2 Å². The number of carbonyl (C=O) groups excluding carboxylic acids is 1. The molecule has 0 aromatic rings. The first-order chi connectivity index (χ1) is 8.99. The lowest BCUT2D eigenvalue weighted by Crippen LogP contribution is -2.57. The van der Waals surface area contributed by atoms with Crippen molar-refractivity contribution in [2.45, 2.75) is 25.4 Å². The molecule has 9 heteroatoms. The van der Waals surface area contributed by atoms with E-state index in [1.54, 1.807) is 0 Å². The molecule has 0 rings (SSSR count). The molecule has 0 radical (unpaired) electrons. The van der Waals surface area contributed by atoms with Crippen LogP contribution >= 0.6 is 0 Å². The number of rotatable bonds is 7. The second kappa shape index (κ2) is 6.66. The van der Waals surface area contributed by atoms with E-state index in [1.165, 1.54) is 0 Å². The average molecular weight is 288 g/mol. The van der Waals surface area contributed by atoms with Crippen molar-refractivity contribution in [2.24, 2.45) is 5.73 Å². The molecule has 0 aliphatic carbocycles. The third-order valence-corrected chi connectivity index (χ3v) is 2.46. The lowest BCUT2D eigenvalue weighted by Gasteiger charge is -2.31. The van der Waals surface area contributed by atoms with Crippen molar-refractivity contribution in [1.82, 2.24) is 4.90 Å². The van der Waals surface area contributed by atoms with E-state index in [9.17, 15) is 19.2 Å². The summed E-state index contributed by atoms with van der Waals surface area (Å²) in [5.74, 6) is -5.14. The molecule has 0 aromatic heterocycles. The molecule has 0 heterocycles. The van der Waals surface area contributed by atoms with Gasteiger partial charge in [-0.15, -0.1) is 0 Å². The SMILES string of the molecule is C[C@@H](C(=O)O)N(C[C@@](C)(N)C(=O)O)C(=O)/C=C\C(=O)O. The molecular weight excluding hydrogens is 272 g/mol. The molecule has 112 valence electrons. The number of amides is 1. The van der Waals surface area contributed by atoms with Gasteiger partial charge in [0.25, 0.3) is 0 Å². The number of carboxylic acid groups (broad SMARTS) is 3. The predicted octanol–water partition coefficient (Wildman–Crippen LogP) is -1.27. The van der Waals surface area contributed by atoms with Crippen molar-refractivity contribution < 1.29 is 34.5 Å². The normalized spacial score (nSPS) is 15.3. The van der Waals surface area contributed by atoms with E-state index in [1.807, 2.05) is 0 Å². The van der Waals surface area contributed by atoms with Crippen LogP contribution in [-0.2, 0) is 19.2 Å². The summed E-state index contributed by atoms with van der Waals surface area (Å²) in [4.78, 5) is 44.6. The van der Waals surface area contributed by atoms with Crippen LogP contribution in [0.3, 0.4) is 0 Å². The summed E-state index contributed by atoms with van der Waals surface area (Å²) in [6.07, 6.45) is 1.16. The standard InChI is InChI=1S/C11H16N2O7/c1-6(9(17)18)13(5-11(2,12)10(19)20)7(14)3-4-8(15)16/h3-4,6H,5,12H2,1-2H3,(H,15,16)(H,17,18)(H,19,20)/b4-3-/t6-,11+/m0/s1. The van der Waals surface area contributed by atoms with Crippen LogP contribution in [0.1, 0.15) is 13.8 Å². The van der Waals surface area contributed by atoms with Crippen LogP contribution in [0.25, 0.3) is 0 Å². The number of hydrogen-bond donors (Lipinski definition) is 4. The number of carbonyl (C=O) groups is 4. The van der Waals surface area contributed by atoms with Gasteiger partial charge in [0.2, 0.25) is 5.91 Å². The highest BCUT2D eigenvalue weighted by atomic mass is 16.4. The van der Waals surface area contributed by atoms with Crippen LogP contribution in [-0.4, -0.2) is 62.2 Å². The first-order valence-electron chi connectivity index (χ1n) is 5.45. The van der Waals surface area contributed by atoms with E-state index in [4.69, 9.17) is 21.1 Å². The van der Waals surface area contributed by atoms with Gasteiger partial charge in [0.15, 0.2) is 0 Å². The lowest BCUT2D eigenvalue weighted by molar-refractivity contribution is -0.151. The predicted molar refractivity (Wildman–Crippen MR) is 65.8 cm³/mol. The Bertz CT molecular complexity index is 456.